The van der Waals surface area contributed by atoms with Crippen LogP contribution in [0.25, 0.3) is 0 Å². The molecule has 1 amide bonds. The van der Waals surface area contributed by atoms with Gasteiger partial charge in [-0.05, 0) is 6.07 Å². The van der Waals surface area contributed by atoms with Gasteiger partial charge in [0.2, 0.25) is 5.91 Å². The summed E-state index contributed by atoms with van der Waals surface area (Å²) in [6.07, 6.45) is -0.557. The molecule has 77 valence electrons. The van der Waals surface area contributed by atoms with Crippen molar-refractivity contribution >= 4 is 35.5 Å². The van der Waals surface area contributed by atoms with Crippen LogP contribution >= 0.6 is 0 Å². The van der Waals surface area contributed by atoms with Gasteiger partial charge in [0.15, 0.2) is 6.29 Å². The van der Waals surface area contributed by atoms with Crippen molar-refractivity contribution in [1.29, 1.82) is 0 Å². The minimum Gasteiger partial charge on any atom is -0.366 e. The molecule has 0 bridgehead atoms. The molecule has 0 saturated heterocycles. The molecule has 2 N–H and O–H groups in total. The standard InChI is InChI=1S/C10H13NO3.Na/c1-13-10(14-2)8-6-4-3-5-7(8)9(11)12;/h3-6,10H,1-2H3,(H2,11,12);. The van der Waals surface area contributed by atoms with Crippen LogP contribution in [0.2, 0.25) is 0 Å². The Kier molecular flexibility index (Phi) is 6.80. The Morgan fingerprint density at radius 1 is 1.27 bits per heavy atom. The van der Waals surface area contributed by atoms with Crippen LogP contribution in [0.3, 0.4) is 0 Å². The fourth-order valence-electron chi connectivity index (χ4n) is 1.28. The van der Waals surface area contributed by atoms with Gasteiger partial charge in [0.05, 0.1) is 0 Å². The van der Waals surface area contributed by atoms with Crippen LogP contribution in [0.1, 0.15) is 22.2 Å². The first-order valence-corrected chi connectivity index (χ1v) is 4.15. The number of nitrogens with two attached hydrogens (primary N) is 1. The van der Waals surface area contributed by atoms with Crippen molar-refractivity contribution in [3.63, 3.8) is 0 Å². The minimum atomic E-state index is -0.557. The Labute approximate surface area is 111 Å². The molecule has 5 heteroatoms. The van der Waals surface area contributed by atoms with Crippen molar-refractivity contribution in [2.45, 2.75) is 6.29 Å². The van der Waals surface area contributed by atoms with Gasteiger partial charge in [-0.1, -0.05) is 18.2 Å². The van der Waals surface area contributed by atoms with Crippen LogP contribution in [-0.2, 0) is 9.47 Å². The van der Waals surface area contributed by atoms with E-state index in [-0.39, 0.29) is 29.6 Å². The first-order valence-electron chi connectivity index (χ1n) is 4.15. The second-order valence-electron chi connectivity index (χ2n) is 2.75. The van der Waals surface area contributed by atoms with Gasteiger partial charge >= 0.3 is 0 Å². The van der Waals surface area contributed by atoms with E-state index < -0.39 is 12.2 Å². The first kappa shape index (κ1) is 14.6. The van der Waals surface area contributed by atoms with Gasteiger partial charge < -0.3 is 15.2 Å². The van der Waals surface area contributed by atoms with E-state index in [0.29, 0.717) is 11.1 Å². The molecule has 0 aromatic heterocycles. The summed E-state index contributed by atoms with van der Waals surface area (Å²) in [6.45, 7) is 0. The molecule has 0 fully saturated rings. The van der Waals surface area contributed by atoms with E-state index in [0.717, 1.165) is 0 Å². The maximum atomic E-state index is 11.1. The molecule has 0 aliphatic carbocycles. The predicted octanol–water partition coefficient (Wildman–Crippen LogP) is 0.696. The number of carbonyl (C=O) groups is 1. The molecular formula is C10H13NNaO3. The first-order chi connectivity index (χ1) is 6.70. The van der Waals surface area contributed by atoms with Crippen LogP contribution in [0.5, 0.6) is 0 Å². The van der Waals surface area contributed by atoms with Gasteiger partial charge in [-0.15, -0.1) is 0 Å². The third-order valence-corrected chi connectivity index (χ3v) is 1.91. The smallest absolute Gasteiger partial charge is 0.249 e. The molecule has 0 saturated carbocycles. The zero-order chi connectivity index (χ0) is 10.6. The summed E-state index contributed by atoms with van der Waals surface area (Å²) in [5, 5.41) is 0. The average Bonchev–Trinajstić information content (AvgIpc) is 2.20. The zero-order valence-electron chi connectivity index (χ0n) is 9.19. The summed E-state index contributed by atoms with van der Waals surface area (Å²) in [6, 6.07) is 6.93. The minimum absolute atomic E-state index is 0. The van der Waals surface area contributed by atoms with Crippen LogP contribution in [-0.4, -0.2) is 49.7 Å². The summed E-state index contributed by atoms with van der Waals surface area (Å²) < 4.78 is 10.1. The molecule has 0 aliphatic heterocycles. The van der Waals surface area contributed by atoms with Crippen molar-refractivity contribution in [2.75, 3.05) is 14.2 Å². The van der Waals surface area contributed by atoms with Crippen LogP contribution in [0.15, 0.2) is 24.3 Å². The molecule has 0 aliphatic rings. The van der Waals surface area contributed by atoms with E-state index in [1.165, 1.54) is 14.2 Å². The number of hydrogen-bond donors (Lipinski definition) is 1. The topological polar surface area (TPSA) is 61.6 Å². The maximum absolute atomic E-state index is 11.1. The van der Waals surface area contributed by atoms with Crippen LogP contribution in [0.4, 0.5) is 0 Å². The summed E-state index contributed by atoms with van der Waals surface area (Å²) in [5.74, 6) is -0.486. The number of primary amides is 1. The molecule has 0 heterocycles. The van der Waals surface area contributed by atoms with Crippen molar-refractivity contribution < 1.29 is 14.3 Å². The number of benzene rings is 1. The Bertz CT molecular complexity index is 326. The van der Waals surface area contributed by atoms with Gasteiger partial charge in [-0.25, -0.2) is 0 Å². The van der Waals surface area contributed by atoms with Gasteiger partial charge in [0.25, 0.3) is 0 Å². The molecule has 0 atom stereocenters. The van der Waals surface area contributed by atoms with E-state index in [4.69, 9.17) is 15.2 Å². The molecule has 0 spiro atoms. The second kappa shape index (κ2) is 6.98. The zero-order valence-corrected chi connectivity index (χ0v) is 11.2. The SMILES string of the molecule is COC(OC)c1ccccc1C(N)=O.[Na]. The van der Waals surface area contributed by atoms with Crippen molar-refractivity contribution in [2.24, 2.45) is 5.73 Å². The maximum Gasteiger partial charge on any atom is 0.249 e. The number of hydrogen-bond acceptors (Lipinski definition) is 3. The number of rotatable bonds is 4. The van der Waals surface area contributed by atoms with Crippen molar-refractivity contribution in [1.82, 2.24) is 0 Å². The quantitative estimate of drug-likeness (QED) is 0.597. The summed E-state index contributed by atoms with van der Waals surface area (Å²) in [5.41, 5.74) is 6.27. The van der Waals surface area contributed by atoms with Crippen LogP contribution < -0.4 is 5.73 Å². The Morgan fingerprint density at radius 3 is 2.27 bits per heavy atom. The molecule has 4 nitrogen and oxygen atoms in total. The number of methoxy groups -OCH3 is 2. The van der Waals surface area contributed by atoms with Gasteiger partial charge in [0.1, 0.15) is 0 Å². The van der Waals surface area contributed by atoms with E-state index in [1.807, 2.05) is 0 Å². The van der Waals surface area contributed by atoms with Gasteiger partial charge in [-0.2, -0.15) is 0 Å². The predicted molar refractivity (Wildman–Crippen MR) is 57.5 cm³/mol. The third kappa shape index (κ3) is 3.59. The largest absolute Gasteiger partial charge is 0.366 e. The summed E-state index contributed by atoms with van der Waals surface area (Å²) in [7, 11) is 3.01. The average molecular weight is 218 g/mol. The van der Waals surface area contributed by atoms with Gasteiger partial charge in [0, 0.05) is 54.9 Å². The van der Waals surface area contributed by atoms with E-state index in [2.05, 4.69) is 0 Å². The van der Waals surface area contributed by atoms with Crippen molar-refractivity contribution in [3.05, 3.63) is 35.4 Å². The molecule has 15 heavy (non-hydrogen) atoms. The Hall–Kier alpha value is -0.390. The Balaban J connectivity index is 0.00000196. The van der Waals surface area contributed by atoms with E-state index in [1.54, 1.807) is 24.3 Å². The number of ether oxygens (including phenoxy) is 2. The Morgan fingerprint density at radius 2 is 1.80 bits per heavy atom. The molecule has 1 aromatic carbocycles. The molecule has 1 aromatic rings. The van der Waals surface area contributed by atoms with E-state index >= 15 is 0 Å². The molecule has 1 radical (unpaired) electrons. The van der Waals surface area contributed by atoms with Gasteiger partial charge in [-0.3, -0.25) is 4.79 Å². The van der Waals surface area contributed by atoms with E-state index in [9.17, 15) is 4.79 Å². The monoisotopic (exact) mass is 218 g/mol. The molecule has 0 unspecified atom stereocenters. The van der Waals surface area contributed by atoms with Crippen LogP contribution in [0, 0.1) is 0 Å². The number of carbonyl (C=O) groups excluding carboxylic acids is 1. The summed E-state index contributed by atoms with van der Waals surface area (Å²) >= 11 is 0. The molecule has 1 rings (SSSR count). The normalized spacial score (nSPS) is 9.80. The molecular weight excluding hydrogens is 205 g/mol. The fraction of sp³-hybridized carbons (Fsp3) is 0.300. The summed E-state index contributed by atoms with van der Waals surface area (Å²) in [4.78, 5) is 11.1. The number of amides is 1. The fourth-order valence-corrected chi connectivity index (χ4v) is 1.28. The second-order valence-corrected chi connectivity index (χ2v) is 2.75. The van der Waals surface area contributed by atoms with Crippen molar-refractivity contribution in [3.8, 4) is 0 Å². The third-order valence-electron chi connectivity index (χ3n) is 1.91.